The second kappa shape index (κ2) is 9.19. The van der Waals surface area contributed by atoms with Gasteiger partial charge in [-0.2, -0.15) is 0 Å². The highest BCUT2D eigenvalue weighted by atomic mass is 16.2. The normalized spacial score (nSPS) is 20.5. The standard InChI is InChI=1S/C21H30N4O3/c1-3-16-7-5-6-8-18(16)25-14-17(13-20(25)27)21(28)24-11-9-23(10-12-24)15-19(26)22-4-2/h5-8,17H,3-4,9-15H2,1-2H3,(H,22,26). The number of hydrogen-bond acceptors (Lipinski definition) is 4. The van der Waals surface area contributed by atoms with Gasteiger partial charge in [0.25, 0.3) is 0 Å². The summed E-state index contributed by atoms with van der Waals surface area (Å²) in [5, 5.41) is 2.80. The molecule has 2 aliphatic rings. The van der Waals surface area contributed by atoms with Gasteiger partial charge < -0.3 is 15.1 Å². The van der Waals surface area contributed by atoms with Crippen LogP contribution in [0, 0.1) is 5.92 Å². The summed E-state index contributed by atoms with van der Waals surface area (Å²) in [5.41, 5.74) is 2.06. The van der Waals surface area contributed by atoms with Crippen molar-refractivity contribution in [2.45, 2.75) is 26.7 Å². The predicted octanol–water partition coefficient (Wildman–Crippen LogP) is 0.882. The highest BCUT2D eigenvalue weighted by Gasteiger charge is 2.38. The minimum atomic E-state index is -0.285. The molecule has 2 saturated heterocycles. The molecule has 0 bridgehead atoms. The minimum absolute atomic E-state index is 0.0221. The average molecular weight is 386 g/mol. The molecule has 7 heteroatoms. The van der Waals surface area contributed by atoms with Crippen molar-refractivity contribution in [2.75, 3.05) is 50.7 Å². The smallest absolute Gasteiger partial charge is 0.234 e. The first-order chi connectivity index (χ1) is 13.5. The molecule has 0 aromatic heterocycles. The maximum Gasteiger partial charge on any atom is 0.234 e. The van der Waals surface area contributed by atoms with Crippen LogP contribution in [0.4, 0.5) is 5.69 Å². The Balaban J connectivity index is 1.56. The third-order valence-electron chi connectivity index (χ3n) is 5.56. The van der Waals surface area contributed by atoms with E-state index in [4.69, 9.17) is 0 Å². The van der Waals surface area contributed by atoms with Gasteiger partial charge >= 0.3 is 0 Å². The fourth-order valence-electron chi connectivity index (χ4n) is 4.02. The lowest BCUT2D eigenvalue weighted by Crippen LogP contribution is -2.52. The first kappa shape index (κ1) is 20.3. The molecule has 3 rings (SSSR count). The number of rotatable bonds is 6. The average Bonchev–Trinajstić information content (AvgIpc) is 3.09. The molecule has 2 heterocycles. The molecule has 152 valence electrons. The molecule has 1 aromatic carbocycles. The van der Waals surface area contributed by atoms with E-state index >= 15 is 0 Å². The lowest BCUT2D eigenvalue weighted by molar-refractivity contribution is -0.137. The van der Waals surface area contributed by atoms with Crippen LogP contribution in [0.2, 0.25) is 0 Å². The third kappa shape index (κ3) is 4.52. The van der Waals surface area contributed by atoms with Crippen molar-refractivity contribution >= 4 is 23.4 Å². The summed E-state index contributed by atoms with van der Waals surface area (Å²) >= 11 is 0. The summed E-state index contributed by atoms with van der Waals surface area (Å²) < 4.78 is 0. The summed E-state index contributed by atoms with van der Waals surface area (Å²) in [6, 6.07) is 7.91. The minimum Gasteiger partial charge on any atom is -0.355 e. The lowest BCUT2D eigenvalue weighted by Gasteiger charge is -2.35. The van der Waals surface area contributed by atoms with E-state index in [1.165, 1.54) is 0 Å². The zero-order chi connectivity index (χ0) is 20.1. The number of aryl methyl sites for hydroxylation is 1. The predicted molar refractivity (Wildman–Crippen MR) is 108 cm³/mol. The molecule has 28 heavy (non-hydrogen) atoms. The highest BCUT2D eigenvalue weighted by Crippen LogP contribution is 2.29. The SMILES string of the molecule is CCNC(=O)CN1CCN(C(=O)C2CC(=O)N(c3ccccc3CC)C2)CC1. The zero-order valence-electron chi connectivity index (χ0n) is 16.8. The molecule has 0 aliphatic carbocycles. The molecular weight excluding hydrogens is 356 g/mol. The van der Waals surface area contributed by atoms with Gasteiger partial charge in [0.2, 0.25) is 17.7 Å². The first-order valence-corrected chi connectivity index (χ1v) is 10.2. The molecule has 0 saturated carbocycles. The number of nitrogens with zero attached hydrogens (tertiary/aromatic N) is 3. The Morgan fingerprint density at radius 3 is 2.50 bits per heavy atom. The number of hydrogen-bond donors (Lipinski definition) is 1. The molecule has 1 atom stereocenters. The topological polar surface area (TPSA) is 73.0 Å². The molecule has 7 nitrogen and oxygen atoms in total. The van der Waals surface area contributed by atoms with Gasteiger partial charge in [-0.25, -0.2) is 0 Å². The van der Waals surface area contributed by atoms with E-state index < -0.39 is 0 Å². The van der Waals surface area contributed by atoms with Crippen molar-refractivity contribution in [1.82, 2.24) is 15.1 Å². The van der Waals surface area contributed by atoms with Crippen LogP contribution >= 0.6 is 0 Å². The van der Waals surface area contributed by atoms with Crippen LogP contribution in [-0.2, 0) is 20.8 Å². The number of anilines is 1. The molecule has 1 N–H and O–H groups in total. The van der Waals surface area contributed by atoms with Crippen molar-refractivity contribution < 1.29 is 14.4 Å². The second-order valence-electron chi connectivity index (χ2n) is 7.44. The van der Waals surface area contributed by atoms with Gasteiger partial charge in [0, 0.05) is 51.4 Å². The molecule has 0 spiro atoms. The molecule has 3 amide bonds. The molecule has 2 aliphatic heterocycles. The van der Waals surface area contributed by atoms with E-state index in [9.17, 15) is 14.4 Å². The number of piperazine rings is 1. The highest BCUT2D eigenvalue weighted by molar-refractivity contribution is 6.00. The molecule has 2 fully saturated rings. The number of likely N-dealkylation sites (N-methyl/N-ethyl adjacent to an activating group) is 1. The van der Waals surface area contributed by atoms with E-state index in [2.05, 4.69) is 17.1 Å². The van der Waals surface area contributed by atoms with E-state index in [0.29, 0.717) is 45.8 Å². The zero-order valence-corrected chi connectivity index (χ0v) is 16.8. The number of carbonyl (C=O) groups is 3. The van der Waals surface area contributed by atoms with Crippen LogP contribution in [0.3, 0.4) is 0 Å². The summed E-state index contributed by atoms with van der Waals surface area (Å²) in [5.74, 6) is -0.183. The van der Waals surface area contributed by atoms with E-state index in [1.54, 1.807) is 4.90 Å². The quantitative estimate of drug-likeness (QED) is 0.788. The van der Waals surface area contributed by atoms with Gasteiger partial charge in [0.1, 0.15) is 0 Å². The van der Waals surface area contributed by atoms with Crippen molar-refractivity contribution in [3.8, 4) is 0 Å². The van der Waals surface area contributed by atoms with Gasteiger partial charge in [-0.05, 0) is 25.0 Å². The van der Waals surface area contributed by atoms with Crippen LogP contribution in [0.5, 0.6) is 0 Å². The Morgan fingerprint density at radius 2 is 1.82 bits per heavy atom. The van der Waals surface area contributed by atoms with E-state index in [0.717, 1.165) is 17.7 Å². The number of para-hydroxylation sites is 1. The number of amides is 3. The molecular formula is C21H30N4O3. The van der Waals surface area contributed by atoms with Crippen molar-refractivity contribution in [2.24, 2.45) is 5.92 Å². The van der Waals surface area contributed by atoms with E-state index in [-0.39, 0.29) is 30.1 Å². The second-order valence-corrected chi connectivity index (χ2v) is 7.44. The lowest BCUT2D eigenvalue weighted by atomic mass is 10.1. The number of nitrogens with one attached hydrogen (secondary N) is 1. The van der Waals surface area contributed by atoms with Gasteiger partial charge in [-0.15, -0.1) is 0 Å². The van der Waals surface area contributed by atoms with Crippen LogP contribution in [0.1, 0.15) is 25.8 Å². The first-order valence-electron chi connectivity index (χ1n) is 10.2. The maximum absolute atomic E-state index is 13.0. The molecule has 0 radical (unpaired) electrons. The van der Waals surface area contributed by atoms with Gasteiger partial charge in [-0.1, -0.05) is 25.1 Å². The van der Waals surface area contributed by atoms with Gasteiger partial charge in [-0.3, -0.25) is 19.3 Å². The van der Waals surface area contributed by atoms with Crippen LogP contribution < -0.4 is 10.2 Å². The summed E-state index contributed by atoms with van der Waals surface area (Å²) in [6.45, 7) is 8.01. The maximum atomic E-state index is 13.0. The summed E-state index contributed by atoms with van der Waals surface area (Å²) in [4.78, 5) is 42.9. The van der Waals surface area contributed by atoms with Crippen molar-refractivity contribution in [3.05, 3.63) is 29.8 Å². The Labute approximate surface area is 166 Å². The van der Waals surface area contributed by atoms with Gasteiger partial charge in [0.05, 0.1) is 12.5 Å². The fourth-order valence-corrected chi connectivity index (χ4v) is 4.02. The van der Waals surface area contributed by atoms with Gasteiger partial charge in [0.15, 0.2) is 0 Å². The van der Waals surface area contributed by atoms with E-state index in [1.807, 2.05) is 36.1 Å². The molecule has 1 aromatic rings. The van der Waals surface area contributed by atoms with Crippen LogP contribution in [0.15, 0.2) is 24.3 Å². The molecule has 1 unspecified atom stereocenters. The van der Waals surface area contributed by atoms with Crippen molar-refractivity contribution in [3.63, 3.8) is 0 Å². The number of carbonyl (C=O) groups excluding carboxylic acids is 3. The Morgan fingerprint density at radius 1 is 1.11 bits per heavy atom. The van der Waals surface area contributed by atoms with Crippen molar-refractivity contribution in [1.29, 1.82) is 0 Å². The monoisotopic (exact) mass is 386 g/mol. The Hall–Kier alpha value is -2.41. The van der Waals surface area contributed by atoms with Crippen LogP contribution in [0.25, 0.3) is 0 Å². The Bertz CT molecular complexity index is 728. The summed E-state index contributed by atoms with van der Waals surface area (Å²) in [7, 11) is 0. The van der Waals surface area contributed by atoms with Crippen LogP contribution in [-0.4, -0.2) is 73.3 Å². The Kier molecular flexibility index (Phi) is 6.67. The largest absolute Gasteiger partial charge is 0.355 e. The third-order valence-corrected chi connectivity index (χ3v) is 5.56. The number of benzene rings is 1. The fraction of sp³-hybridized carbons (Fsp3) is 0.571. The summed E-state index contributed by atoms with van der Waals surface area (Å²) in [6.07, 6.45) is 1.13.